The minimum absolute atomic E-state index is 0.0977. The van der Waals surface area contributed by atoms with Crippen molar-refractivity contribution in [3.05, 3.63) is 51.4 Å². The fourth-order valence-electron chi connectivity index (χ4n) is 3.01. The molecule has 0 radical (unpaired) electrons. The Labute approximate surface area is 163 Å². The Morgan fingerprint density at radius 1 is 1.19 bits per heavy atom. The van der Waals surface area contributed by atoms with Gasteiger partial charge in [0.05, 0.1) is 4.88 Å². The van der Waals surface area contributed by atoms with Crippen LogP contribution in [0.4, 0.5) is 0 Å². The summed E-state index contributed by atoms with van der Waals surface area (Å²) in [6.45, 7) is 1.22. The Morgan fingerprint density at radius 3 is 2.58 bits per heavy atom. The Bertz CT molecular complexity index is 901. The van der Waals surface area contributed by atoms with Gasteiger partial charge in [-0.15, -0.1) is 11.3 Å². The summed E-state index contributed by atoms with van der Waals surface area (Å²) < 4.78 is 5.44. The zero-order valence-electron chi connectivity index (χ0n) is 13.6. The molecule has 1 amide bonds. The van der Waals surface area contributed by atoms with Gasteiger partial charge >= 0.3 is 0 Å². The number of likely N-dealkylation sites (tertiary alicyclic amines) is 1. The molecule has 1 aliphatic rings. The molecule has 0 atom stereocenters. The van der Waals surface area contributed by atoms with Gasteiger partial charge in [0.1, 0.15) is 10.3 Å². The molecule has 3 aromatic heterocycles. The quantitative estimate of drug-likeness (QED) is 0.595. The molecule has 1 fully saturated rings. The van der Waals surface area contributed by atoms with Crippen molar-refractivity contribution in [3.8, 4) is 10.7 Å². The molecule has 0 aliphatic carbocycles. The maximum absolute atomic E-state index is 12.6. The smallest absolute Gasteiger partial charge is 0.254 e. The van der Waals surface area contributed by atoms with Crippen molar-refractivity contribution in [3.63, 3.8) is 0 Å². The number of pyridine rings is 1. The lowest BCUT2D eigenvalue weighted by Gasteiger charge is -2.30. The van der Waals surface area contributed by atoms with Crippen LogP contribution >= 0.6 is 34.5 Å². The van der Waals surface area contributed by atoms with E-state index in [1.807, 2.05) is 17.5 Å². The molecular weight excluding hydrogens is 395 g/mol. The van der Waals surface area contributed by atoms with Crippen molar-refractivity contribution in [2.24, 2.45) is 0 Å². The van der Waals surface area contributed by atoms with Gasteiger partial charge in [-0.25, -0.2) is 4.98 Å². The van der Waals surface area contributed by atoms with Gasteiger partial charge in [-0.1, -0.05) is 34.4 Å². The van der Waals surface area contributed by atoms with Crippen LogP contribution in [-0.2, 0) is 0 Å². The molecule has 134 valence electrons. The summed E-state index contributed by atoms with van der Waals surface area (Å²) in [4.78, 5) is 23.8. The van der Waals surface area contributed by atoms with E-state index >= 15 is 0 Å². The second kappa shape index (κ2) is 7.34. The van der Waals surface area contributed by atoms with E-state index in [9.17, 15) is 4.79 Å². The summed E-state index contributed by atoms with van der Waals surface area (Å²) in [6, 6.07) is 6.99. The molecular formula is C17H14Cl2N4O2S. The number of thiophene rings is 1. The molecule has 4 heterocycles. The van der Waals surface area contributed by atoms with Gasteiger partial charge in [0.2, 0.25) is 11.7 Å². The minimum Gasteiger partial charge on any atom is -0.339 e. The van der Waals surface area contributed by atoms with E-state index in [1.54, 1.807) is 16.2 Å². The van der Waals surface area contributed by atoms with Gasteiger partial charge in [-0.2, -0.15) is 4.98 Å². The first-order valence-electron chi connectivity index (χ1n) is 8.10. The number of aromatic nitrogens is 3. The predicted octanol–water partition coefficient (Wildman–Crippen LogP) is 4.52. The number of halogens is 2. The van der Waals surface area contributed by atoms with Crippen molar-refractivity contribution in [2.75, 3.05) is 13.1 Å². The van der Waals surface area contributed by atoms with E-state index in [-0.39, 0.29) is 22.1 Å². The molecule has 1 aliphatic heterocycles. The Kier molecular flexibility index (Phi) is 4.93. The summed E-state index contributed by atoms with van der Waals surface area (Å²) in [7, 11) is 0. The van der Waals surface area contributed by atoms with Crippen LogP contribution in [0.5, 0.6) is 0 Å². The molecule has 4 rings (SSSR count). The van der Waals surface area contributed by atoms with E-state index in [4.69, 9.17) is 27.7 Å². The average molecular weight is 409 g/mol. The summed E-state index contributed by atoms with van der Waals surface area (Å²) in [5.41, 5.74) is 0.450. The van der Waals surface area contributed by atoms with Crippen molar-refractivity contribution in [2.45, 2.75) is 18.8 Å². The highest BCUT2D eigenvalue weighted by Crippen LogP contribution is 2.30. The third kappa shape index (κ3) is 3.60. The fraction of sp³-hybridized carbons (Fsp3) is 0.294. The summed E-state index contributed by atoms with van der Waals surface area (Å²) in [5, 5.41) is 6.46. The minimum atomic E-state index is -0.0977. The fourth-order valence-corrected chi connectivity index (χ4v) is 4.12. The van der Waals surface area contributed by atoms with Crippen LogP contribution in [0, 0.1) is 0 Å². The Hall–Kier alpha value is -1.96. The highest BCUT2D eigenvalue weighted by atomic mass is 35.5. The topological polar surface area (TPSA) is 72.1 Å². The highest BCUT2D eigenvalue weighted by molar-refractivity contribution is 7.13. The number of hydrogen-bond donors (Lipinski definition) is 0. The van der Waals surface area contributed by atoms with E-state index in [2.05, 4.69) is 15.1 Å². The third-order valence-corrected chi connectivity index (χ3v) is 5.58. The van der Waals surface area contributed by atoms with Gasteiger partial charge in [0, 0.05) is 24.6 Å². The maximum atomic E-state index is 12.6. The molecule has 0 aromatic carbocycles. The normalized spacial score (nSPS) is 15.4. The second-order valence-corrected chi connectivity index (χ2v) is 7.72. The van der Waals surface area contributed by atoms with Gasteiger partial charge in [-0.3, -0.25) is 4.79 Å². The van der Waals surface area contributed by atoms with Gasteiger partial charge < -0.3 is 9.42 Å². The van der Waals surface area contributed by atoms with Gasteiger partial charge in [0.15, 0.2) is 0 Å². The molecule has 1 saturated heterocycles. The Balaban J connectivity index is 1.42. The van der Waals surface area contributed by atoms with E-state index in [1.165, 1.54) is 12.1 Å². The first-order chi connectivity index (χ1) is 12.6. The molecule has 0 saturated carbocycles. The van der Waals surface area contributed by atoms with Crippen LogP contribution in [0.25, 0.3) is 10.7 Å². The van der Waals surface area contributed by atoms with Gasteiger partial charge in [0.25, 0.3) is 5.91 Å². The number of carbonyl (C=O) groups is 1. The SMILES string of the molecule is O=C(c1cc(Cl)nc(Cl)c1)N1CCC(c2nc(-c3cccs3)no2)CC1. The summed E-state index contributed by atoms with van der Waals surface area (Å²) in [6.07, 6.45) is 1.54. The zero-order chi connectivity index (χ0) is 18.1. The van der Waals surface area contributed by atoms with Crippen molar-refractivity contribution >= 4 is 40.4 Å². The molecule has 3 aromatic rings. The lowest BCUT2D eigenvalue weighted by atomic mass is 9.96. The first-order valence-corrected chi connectivity index (χ1v) is 9.73. The number of piperidine rings is 1. The summed E-state index contributed by atoms with van der Waals surface area (Å²) >= 11 is 13.4. The molecule has 0 spiro atoms. The standard InChI is InChI=1S/C17H14Cl2N4O2S/c18-13-8-11(9-14(19)20-13)17(24)23-5-3-10(4-6-23)16-21-15(22-25-16)12-2-1-7-26-12/h1-2,7-10H,3-6H2. The van der Waals surface area contributed by atoms with Crippen LogP contribution in [0.1, 0.15) is 35.0 Å². The van der Waals surface area contributed by atoms with E-state index in [0.717, 1.165) is 17.7 Å². The molecule has 26 heavy (non-hydrogen) atoms. The monoisotopic (exact) mass is 408 g/mol. The zero-order valence-corrected chi connectivity index (χ0v) is 15.9. The maximum Gasteiger partial charge on any atom is 0.254 e. The number of amides is 1. The van der Waals surface area contributed by atoms with Crippen LogP contribution in [0.15, 0.2) is 34.2 Å². The number of rotatable bonds is 3. The lowest BCUT2D eigenvalue weighted by Crippen LogP contribution is -2.38. The number of hydrogen-bond acceptors (Lipinski definition) is 6. The highest BCUT2D eigenvalue weighted by Gasteiger charge is 2.28. The van der Waals surface area contributed by atoms with Crippen LogP contribution < -0.4 is 0 Å². The lowest BCUT2D eigenvalue weighted by molar-refractivity contribution is 0.0704. The number of carbonyl (C=O) groups excluding carboxylic acids is 1. The Morgan fingerprint density at radius 2 is 1.92 bits per heavy atom. The molecule has 0 unspecified atom stereocenters. The van der Waals surface area contributed by atoms with E-state index < -0.39 is 0 Å². The van der Waals surface area contributed by atoms with Crippen LogP contribution in [0.3, 0.4) is 0 Å². The van der Waals surface area contributed by atoms with Crippen LogP contribution in [0.2, 0.25) is 10.3 Å². The van der Waals surface area contributed by atoms with Crippen LogP contribution in [-0.4, -0.2) is 39.0 Å². The third-order valence-electron chi connectivity index (χ3n) is 4.32. The van der Waals surface area contributed by atoms with Crippen molar-refractivity contribution in [1.29, 1.82) is 0 Å². The summed E-state index contributed by atoms with van der Waals surface area (Å²) in [5.74, 6) is 1.31. The molecule has 0 bridgehead atoms. The van der Waals surface area contributed by atoms with Gasteiger partial charge in [-0.05, 0) is 36.4 Å². The molecule has 9 heteroatoms. The largest absolute Gasteiger partial charge is 0.339 e. The number of nitrogens with zero attached hydrogens (tertiary/aromatic N) is 4. The van der Waals surface area contributed by atoms with Crippen molar-refractivity contribution in [1.82, 2.24) is 20.0 Å². The molecule has 6 nitrogen and oxygen atoms in total. The second-order valence-electron chi connectivity index (χ2n) is 6.00. The average Bonchev–Trinajstić information content (AvgIpc) is 3.32. The first kappa shape index (κ1) is 17.5. The van der Waals surface area contributed by atoms with Crippen molar-refractivity contribution < 1.29 is 9.32 Å². The molecule has 0 N–H and O–H groups in total. The predicted molar refractivity (Wildman–Crippen MR) is 99.7 cm³/mol. The van der Waals surface area contributed by atoms with E-state index in [0.29, 0.717) is 30.4 Å².